The van der Waals surface area contributed by atoms with Crippen LogP contribution in [-0.2, 0) is 6.42 Å². The van der Waals surface area contributed by atoms with E-state index in [1.807, 2.05) is 27.0 Å². The van der Waals surface area contributed by atoms with Crippen molar-refractivity contribution >= 4 is 11.3 Å². The molecule has 0 aliphatic rings. The van der Waals surface area contributed by atoms with Crippen molar-refractivity contribution in [3.8, 4) is 5.75 Å². The number of aryl methyl sites for hydroxylation is 1. The van der Waals surface area contributed by atoms with Gasteiger partial charge in [0.2, 0.25) is 0 Å². The van der Waals surface area contributed by atoms with Crippen molar-refractivity contribution < 1.29 is 4.74 Å². The Morgan fingerprint density at radius 2 is 2.14 bits per heavy atom. The number of hydrogen-bond donors (Lipinski definition) is 1. The minimum atomic E-state index is 0.154. The van der Waals surface area contributed by atoms with Crippen molar-refractivity contribution in [3.63, 3.8) is 0 Å². The molecule has 2 rings (SSSR count). The average molecular weight is 305 g/mol. The minimum Gasteiger partial charge on any atom is -0.489 e. The maximum Gasteiger partial charge on any atom is 0.138 e. The van der Waals surface area contributed by atoms with Crippen molar-refractivity contribution in [1.82, 2.24) is 15.3 Å². The molecule has 0 saturated carbocycles. The molecule has 114 valence electrons. The van der Waals surface area contributed by atoms with Gasteiger partial charge in [-0.3, -0.25) is 4.98 Å². The normalized spacial score (nSPS) is 12.6. The number of aromatic nitrogens is 2. The third kappa shape index (κ3) is 4.79. The third-order valence-corrected chi connectivity index (χ3v) is 3.99. The van der Waals surface area contributed by atoms with Gasteiger partial charge in [0.25, 0.3) is 0 Å². The number of ether oxygens (including phenoxy) is 1. The lowest BCUT2D eigenvalue weighted by Gasteiger charge is -2.18. The van der Waals surface area contributed by atoms with E-state index in [9.17, 15) is 0 Å². The summed E-state index contributed by atoms with van der Waals surface area (Å²) >= 11 is 1.71. The molecule has 1 atom stereocenters. The highest BCUT2D eigenvalue weighted by molar-refractivity contribution is 7.09. The second kappa shape index (κ2) is 7.52. The minimum absolute atomic E-state index is 0.154. The Hall–Kier alpha value is -1.46. The van der Waals surface area contributed by atoms with E-state index in [1.165, 1.54) is 0 Å². The smallest absolute Gasteiger partial charge is 0.138 e. The molecule has 2 heterocycles. The van der Waals surface area contributed by atoms with Gasteiger partial charge in [-0.25, -0.2) is 4.98 Å². The highest BCUT2D eigenvalue weighted by Gasteiger charge is 2.14. The summed E-state index contributed by atoms with van der Waals surface area (Å²) < 4.78 is 5.73. The maximum atomic E-state index is 5.73. The van der Waals surface area contributed by atoms with E-state index in [4.69, 9.17) is 4.74 Å². The SMILES string of the molecule is CCNC(Cc1nc(C)cs1)c1cncc(OC(C)C)c1. The number of likely N-dealkylation sites (N-methyl/N-ethyl adjacent to an activating group) is 1. The Kier molecular flexibility index (Phi) is 5.70. The summed E-state index contributed by atoms with van der Waals surface area (Å²) in [6.07, 6.45) is 4.70. The van der Waals surface area contributed by atoms with E-state index in [2.05, 4.69) is 33.7 Å². The van der Waals surface area contributed by atoms with Crippen LogP contribution in [0, 0.1) is 6.92 Å². The van der Waals surface area contributed by atoms with Gasteiger partial charge < -0.3 is 10.1 Å². The fourth-order valence-corrected chi connectivity index (χ4v) is 3.01. The van der Waals surface area contributed by atoms with Crippen LogP contribution in [0.25, 0.3) is 0 Å². The third-order valence-electron chi connectivity index (χ3n) is 3.00. The standard InChI is InChI=1S/C16H23N3OS/c1-5-18-15(7-16-19-12(4)10-21-16)13-6-14(9-17-8-13)20-11(2)3/h6,8-11,15,18H,5,7H2,1-4H3. The molecule has 1 N–H and O–H groups in total. The van der Waals surface area contributed by atoms with Crippen molar-refractivity contribution in [2.24, 2.45) is 0 Å². The first kappa shape index (κ1) is 15.9. The Balaban J connectivity index is 2.17. The number of nitrogens with zero attached hydrogens (tertiary/aromatic N) is 2. The molecule has 21 heavy (non-hydrogen) atoms. The number of nitrogens with one attached hydrogen (secondary N) is 1. The fraction of sp³-hybridized carbons (Fsp3) is 0.500. The van der Waals surface area contributed by atoms with Crippen LogP contribution in [0.5, 0.6) is 5.75 Å². The molecule has 0 aliphatic carbocycles. The fourth-order valence-electron chi connectivity index (χ4n) is 2.19. The molecular formula is C16H23N3OS. The molecule has 0 fully saturated rings. The highest BCUT2D eigenvalue weighted by Crippen LogP contribution is 2.23. The lowest BCUT2D eigenvalue weighted by molar-refractivity contribution is 0.241. The quantitative estimate of drug-likeness (QED) is 0.850. The second-order valence-corrected chi connectivity index (χ2v) is 6.26. The van der Waals surface area contributed by atoms with Crippen molar-refractivity contribution in [2.45, 2.75) is 46.3 Å². The molecule has 0 aromatic carbocycles. The maximum absolute atomic E-state index is 5.73. The van der Waals surface area contributed by atoms with Crippen LogP contribution in [0.2, 0.25) is 0 Å². The predicted molar refractivity (Wildman–Crippen MR) is 87.0 cm³/mol. The van der Waals surface area contributed by atoms with Gasteiger partial charge in [-0.1, -0.05) is 6.92 Å². The molecule has 0 radical (unpaired) electrons. The molecule has 1 unspecified atom stereocenters. The molecule has 0 amide bonds. The highest BCUT2D eigenvalue weighted by atomic mass is 32.1. The molecule has 5 heteroatoms. The molecule has 4 nitrogen and oxygen atoms in total. The second-order valence-electron chi connectivity index (χ2n) is 5.32. The van der Waals surface area contributed by atoms with Crippen LogP contribution < -0.4 is 10.1 Å². The number of thiazole rings is 1. The summed E-state index contributed by atoms with van der Waals surface area (Å²) in [5, 5.41) is 6.75. The summed E-state index contributed by atoms with van der Waals surface area (Å²) in [4.78, 5) is 8.86. The number of pyridine rings is 1. The summed E-state index contributed by atoms with van der Waals surface area (Å²) in [6.45, 7) is 9.09. The van der Waals surface area contributed by atoms with Gasteiger partial charge in [-0.05, 0) is 38.9 Å². The van der Waals surface area contributed by atoms with E-state index in [0.29, 0.717) is 0 Å². The van der Waals surface area contributed by atoms with Crippen LogP contribution in [0.15, 0.2) is 23.8 Å². The number of hydrogen-bond acceptors (Lipinski definition) is 5. The zero-order valence-corrected chi connectivity index (χ0v) is 13.9. The van der Waals surface area contributed by atoms with E-state index in [-0.39, 0.29) is 12.1 Å². The Labute approximate surface area is 130 Å². The van der Waals surface area contributed by atoms with Gasteiger partial charge in [0.15, 0.2) is 0 Å². The average Bonchev–Trinajstić information content (AvgIpc) is 2.83. The van der Waals surface area contributed by atoms with Crippen molar-refractivity contribution in [2.75, 3.05) is 6.54 Å². The molecule has 0 spiro atoms. The monoisotopic (exact) mass is 305 g/mol. The lowest BCUT2D eigenvalue weighted by atomic mass is 10.1. The topological polar surface area (TPSA) is 47.0 Å². The largest absolute Gasteiger partial charge is 0.489 e. The van der Waals surface area contributed by atoms with Gasteiger partial charge in [0.05, 0.1) is 17.3 Å². The van der Waals surface area contributed by atoms with Crippen LogP contribution in [0.3, 0.4) is 0 Å². The summed E-state index contributed by atoms with van der Waals surface area (Å²) in [5.41, 5.74) is 2.23. The van der Waals surface area contributed by atoms with E-state index >= 15 is 0 Å². The van der Waals surface area contributed by atoms with Gasteiger partial charge >= 0.3 is 0 Å². The predicted octanol–water partition coefficient (Wildman–Crippen LogP) is 3.53. The number of rotatable bonds is 7. The van der Waals surface area contributed by atoms with Gasteiger partial charge in [-0.15, -0.1) is 11.3 Å². The van der Waals surface area contributed by atoms with Crippen LogP contribution in [-0.4, -0.2) is 22.6 Å². The molecule has 0 bridgehead atoms. The van der Waals surface area contributed by atoms with Crippen LogP contribution >= 0.6 is 11.3 Å². The van der Waals surface area contributed by atoms with Crippen molar-refractivity contribution in [1.29, 1.82) is 0 Å². The van der Waals surface area contributed by atoms with Gasteiger partial charge in [0, 0.05) is 29.7 Å². The first-order valence-corrected chi connectivity index (χ1v) is 8.22. The van der Waals surface area contributed by atoms with Crippen molar-refractivity contribution in [3.05, 3.63) is 40.1 Å². The Bertz CT molecular complexity index is 568. The molecule has 0 saturated heterocycles. The summed E-state index contributed by atoms with van der Waals surface area (Å²) in [7, 11) is 0. The first-order chi connectivity index (χ1) is 10.1. The molecule has 2 aromatic rings. The Morgan fingerprint density at radius 3 is 2.76 bits per heavy atom. The van der Waals surface area contributed by atoms with E-state index in [0.717, 1.165) is 35.0 Å². The van der Waals surface area contributed by atoms with E-state index < -0.39 is 0 Å². The van der Waals surface area contributed by atoms with E-state index in [1.54, 1.807) is 17.5 Å². The Morgan fingerprint density at radius 1 is 1.33 bits per heavy atom. The molecule has 2 aromatic heterocycles. The van der Waals surface area contributed by atoms with Crippen LogP contribution in [0.1, 0.15) is 43.1 Å². The molecular weight excluding hydrogens is 282 g/mol. The first-order valence-electron chi connectivity index (χ1n) is 7.34. The van der Waals surface area contributed by atoms with Gasteiger partial charge in [0.1, 0.15) is 5.75 Å². The zero-order chi connectivity index (χ0) is 15.2. The lowest BCUT2D eigenvalue weighted by Crippen LogP contribution is -2.23. The van der Waals surface area contributed by atoms with Gasteiger partial charge in [-0.2, -0.15) is 0 Å². The summed E-state index contributed by atoms with van der Waals surface area (Å²) in [5.74, 6) is 0.820. The summed E-state index contributed by atoms with van der Waals surface area (Å²) in [6, 6.07) is 2.28. The zero-order valence-electron chi connectivity index (χ0n) is 13.1. The molecule has 0 aliphatic heterocycles. The van der Waals surface area contributed by atoms with Crippen LogP contribution in [0.4, 0.5) is 0 Å².